The van der Waals surface area contributed by atoms with E-state index in [1.165, 1.54) is 0 Å². The standard InChI is InChI=1S/C19H22F6N2O2/c1-17-8-13(16(28)26-2)14(27-17)3-4-15(17)29-9-10-5-11(18(20,21)22)7-12(6-10)19(23,24)25/h5-7,13-15,27H,3-4,8-9H2,1-2H3,(H,26,28). The van der Waals surface area contributed by atoms with Gasteiger partial charge in [-0.1, -0.05) is 0 Å². The predicted octanol–water partition coefficient (Wildman–Crippen LogP) is 3.89. The molecule has 4 atom stereocenters. The van der Waals surface area contributed by atoms with E-state index in [1.807, 2.05) is 6.92 Å². The van der Waals surface area contributed by atoms with Crippen LogP contribution in [0.2, 0.25) is 0 Å². The number of amides is 1. The van der Waals surface area contributed by atoms with Gasteiger partial charge >= 0.3 is 12.4 Å². The summed E-state index contributed by atoms with van der Waals surface area (Å²) in [5, 5.41) is 5.96. The molecule has 1 aromatic carbocycles. The molecule has 4 unspecified atom stereocenters. The quantitative estimate of drug-likeness (QED) is 0.722. The molecular weight excluding hydrogens is 402 g/mol. The molecule has 0 aromatic heterocycles. The first-order valence-electron chi connectivity index (χ1n) is 9.23. The van der Waals surface area contributed by atoms with E-state index in [-0.39, 0.29) is 36.1 Å². The molecule has 0 aliphatic carbocycles. The Bertz CT molecular complexity index is 747. The van der Waals surface area contributed by atoms with Crippen molar-refractivity contribution in [1.29, 1.82) is 0 Å². The molecule has 162 valence electrons. The minimum Gasteiger partial charge on any atom is -0.372 e. The lowest BCUT2D eigenvalue weighted by Crippen LogP contribution is -2.54. The number of fused-ring (bicyclic) bond motifs is 2. The van der Waals surface area contributed by atoms with Crippen LogP contribution in [0.3, 0.4) is 0 Å². The number of carbonyl (C=O) groups excluding carboxylic acids is 1. The maximum atomic E-state index is 13.0. The van der Waals surface area contributed by atoms with Gasteiger partial charge in [0.2, 0.25) is 5.91 Å². The Kier molecular flexibility index (Phi) is 5.63. The molecule has 4 nitrogen and oxygen atoms in total. The molecule has 2 saturated heterocycles. The van der Waals surface area contributed by atoms with Crippen LogP contribution in [0.1, 0.15) is 42.9 Å². The SMILES string of the molecule is CNC(=O)C1CC2(C)NC1CCC2OCc1cc(C(F)(F)F)cc(C(F)(F)F)c1. The zero-order valence-electron chi connectivity index (χ0n) is 15.9. The first-order chi connectivity index (χ1) is 13.3. The average molecular weight is 424 g/mol. The van der Waals surface area contributed by atoms with Crippen LogP contribution in [0.25, 0.3) is 0 Å². The van der Waals surface area contributed by atoms with Crippen molar-refractivity contribution in [3.63, 3.8) is 0 Å². The summed E-state index contributed by atoms with van der Waals surface area (Å²) in [6.07, 6.45) is -8.54. The molecule has 2 bridgehead atoms. The molecule has 3 rings (SSSR count). The Balaban J connectivity index is 1.77. The third-order valence-electron chi connectivity index (χ3n) is 5.78. The largest absolute Gasteiger partial charge is 0.416 e. The maximum absolute atomic E-state index is 13.0. The Labute approximate surface area is 164 Å². The predicted molar refractivity (Wildman–Crippen MR) is 91.8 cm³/mol. The Morgan fingerprint density at radius 2 is 1.72 bits per heavy atom. The van der Waals surface area contributed by atoms with Crippen LogP contribution in [0.5, 0.6) is 0 Å². The zero-order chi connectivity index (χ0) is 21.6. The van der Waals surface area contributed by atoms with E-state index in [1.54, 1.807) is 7.05 Å². The average Bonchev–Trinajstić information content (AvgIpc) is 2.90. The third kappa shape index (κ3) is 4.53. The van der Waals surface area contributed by atoms with E-state index in [2.05, 4.69) is 10.6 Å². The zero-order valence-corrected chi connectivity index (χ0v) is 15.9. The molecule has 0 saturated carbocycles. The van der Waals surface area contributed by atoms with Gasteiger partial charge in [-0.05, 0) is 49.9 Å². The van der Waals surface area contributed by atoms with Crippen LogP contribution in [-0.2, 0) is 28.5 Å². The van der Waals surface area contributed by atoms with E-state index in [0.717, 1.165) is 0 Å². The van der Waals surface area contributed by atoms with Gasteiger partial charge in [-0.25, -0.2) is 0 Å². The first-order valence-corrected chi connectivity index (χ1v) is 9.23. The molecule has 1 amide bonds. The fourth-order valence-corrected chi connectivity index (χ4v) is 4.36. The lowest BCUT2D eigenvalue weighted by Gasteiger charge is -2.39. The highest BCUT2D eigenvalue weighted by Gasteiger charge is 2.52. The monoisotopic (exact) mass is 424 g/mol. The van der Waals surface area contributed by atoms with Crippen molar-refractivity contribution in [2.75, 3.05) is 7.05 Å². The van der Waals surface area contributed by atoms with Crippen molar-refractivity contribution >= 4 is 5.91 Å². The van der Waals surface area contributed by atoms with Crippen molar-refractivity contribution in [3.05, 3.63) is 34.9 Å². The van der Waals surface area contributed by atoms with Gasteiger partial charge in [-0.15, -0.1) is 0 Å². The fourth-order valence-electron chi connectivity index (χ4n) is 4.36. The minimum absolute atomic E-state index is 0.0230. The lowest BCUT2D eigenvalue weighted by molar-refractivity contribution is -0.143. The summed E-state index contributed by atoms with van der Waals surface area (Å²) in [6.45, 7) is 1.48. The van der Waals surface area contributed by atoms with Crippen LogP contribution in [0.15, 0.2) is 18.2 Å². The molecule has 1 aromatic rings. The van der Waals surface area contributed by atoms with E-state index in [0.29, 0.717) is 31.4 Å². The number of hydrogen-bond donors (Lipinski definition) is 2. The topological polar surface area (TPSA) is 50.4 Å². The molecule has 2 aliphatic heterocycles. The minimum atomic E-state index is -4.90. The summed E-state index contributed by atoms with van der Waals surface area (Å²) < 4.78 is 83.8. The van der Waals surface area contributed by atoms with Gasteiger partial charge < -0.3 is 15.4 Å². The van der Waals surface area contributed by atoms with Gasteiger partial charge in [0.1, 0.15) is 0 Å². The van der Waals surface area contributed by atoms with Crippen molar-refractivity contribution in [2.45, 2.75) is 62.8 Å². The second-order valence-corrected chi connectivity index (χ2v) is 7.88. The molecule has 2 heterocycles. The van der Waals surface area contributed by atoms with E-state index in [4.69, 9.17) is 4.74 Å². The number of benzene rings is 1. The highest BCUT2D eigenvalue weighted by molar-refractivity contribution is 5.79. The molecular formula is C19H22F6N2O2. The number of alkyl halides is 6. The lowest BCUT2D eigenvalue weighted by atomic mass is 9.88. The van der Waals surface area contributed by atoms with Crippen LogP contribution >= 0.6 is 0 Å². The highest BCUT2D eigenvalue weighted by Crippen LogP contribution is 2.42. The van der Waals surface area contributed by atoms with Crippen LogP contribution in [-0.4, -0.2) is 30.6 Å². The number of hydrogen-bond acceptors (Lipinski definition) is 3. The Morgan fingerprint density at radius 3 is 2.24 bits per heavy atom. The number of piperidine rings is 1. The number of rotatable bonds is 4. The van der Waals surface area contributed by atoms with Crippen LogP contribution < -0.4 is 10.6 Å². The van der Waals surface area contributed by atoms with E-state index < -0.39 is 35.1 Å². The Morgan fingerprint density at radius 1 is 1.14 bits per heavy atom. The second kappa shape index (κ2) is 7.46. The van der Waals surface area contributed by atoms with Crippen LogP contribution in [0, 0.1) is 5.92 Å². The smallest absolute Gasteiger partial charge is 0.372 e. The maximum Gasteiger partial charge on any atom is 0.416 e. The molecule has 10 heteroatoms. The summed E-state index contributed by atoms with van der Waals surface area (Å²) in [7, 11) is 1.55. The number of carbonyl (C=O) groups is 1. The van der Waals surface area contributed by atoms with Crippen molar-refractivity contribution in [2.24, 2.45) is 5.92 Å². The molecule has 0 radical (unpaired) electrons. The van der Waals surface area contributed by atoms with Crippen molar-refractivity contribution in [1.82, 2.24) is 10.6 Å². The van der Waals surface area contributed by atoms with Crippen LogP contribution in [0.4, 0.5) is 26.3 Å². The number of halogens is 6. The number of nitrogens with one attached hydrogen (secondary N) is 2. The molecule has 29 heavy (non-hydrogen) atoms. The normalized spacial score (nSPS) is 29.7. The van der Waals surface area contributed by atoms with Gasteiger partial charge in [-0.2, -0.15) is 26.3 Å². The first kappa shape index (κ1) is 21.9. The van der Waals surface area contributed by atoms with Gasteiger partial charge in [0, 0.05) is 18.6 Å². The summed E-state index contributed by atoms with van der Waals surface area (Å²) in [5.74, 6) is -0.344. The van der Waals surface area contributed by atoms with Crippen molar-refractivity contribution < 1.29 is 35.9 Å². The Hall–Kier alpha value is -1.81. The van der Waals surface area contributed by atoms with Gasteiger partial charge in [0.05, 0.1) is 29.8 Å². The third-order valence-corrected chi connectivity index (χ3v) is 5.78. The number of ether oxygens (including phenoxy) is 1. The molecule has 2 N–H and O–H groups in total. The van der Waals surface area contributed by atoms with Crippen molar-refractivity contribution in [3.8, 4) is 0 Å². The molecule has 2 fully saturated rings. The van der Waals surface area contributed by atoms with Gasteiger partial charge in [-0.3, -0.25) is 4.79 Å². The molecule has 2 aliphatic rings. The summed E-state index contributed by atoms with van der Waals surface area (Å²) in [5.41, 5.74) is -3.49. The van der Waals surface area contributed by atoms with Gasteiger partial charge in [0.25, 0.3) is 0 Å². The summed E-state index contributed by atoms with van der Waals surface area (Å²) in [4.78, 5) is 12.0. The molecule has 0 spiro atoms. The van der Waals surface area contributed by atoms with Gasteiger partial charge in [0.15, 0.2) is 0 Å². The second-order valence-electron chi connectivity index (χ2n) is 7.88. The summed E-state index contributed by atoms with van der Waals surface area (Å²) >= 11 is 0. The summed E-state index contributed by atoms with van der Waals surface area (Å²) in [6, 6.07) is 1.44. The van der Waals surface area contributed by atoms with E-state index >= 15 is 0 Å². The fraction of sp³-hybridized carbons (Fsp3) is 0.632. The highest BCUT2D eigenvalue weighted by atomic mass is 19.4. The van der Waals surface area contributed by atoms with E-state index in [9.17, 15) is 31.1 Å².